The average Bonchev–Trinajstić information content (AvgIpc) is 2.76. The molecule has 0 aromatic heterocycles. The normalized spacial score (nSPS) is 20.1. The maximum Gasteiger partial charge on any atom is 0.226 e. The molecule has 0 heterocycles. The van der Waals surface area contributed by atoms with E-state index in [1.165, 1.54) is 12.8 Å². The van der Waals surface area contributed by atoms with Crippen LogP contribution in [0.2, 0.25) is 0 Å². The number of amides is 1. The zero-order chi connectivity index (χ0) is 15.4. The maximum atomic E-state index is 12.9. The largest absolute Gasteiger partial charge is 0.352 e. The quantitative estimate of drug-likeness (QED) is 0.705. The predicted molar refractivity (Wildman–Crippen MR) is 87.1 cm³/mol. The van der Waals surface area contributed by atoms with Gasteiger partial charge in [0, 0.05) is 17.3 Å². The zero-order valence-electron chi connectivity index (χ0n) is 13.9. The third-order valence-corrected chi connectivity index (χ3v) is 4.81. The molecule has 1 N–H and O–H groups in total. The van der Waals surface area contributed by atoms with Gasteiger partial charge in [0.05, 0.1) is 0 Å². The molecule has 1 fully saturated rings. The molecule has 0 radical (unpaired) electrons. The second kappa shape index (κ2) is 7.15. The lowest BCUT2D eigenvalue weighted by Crippen LogP contribution is -2.50. The summed E-state index contributed by atoms with van der Waals surface area (Å²) in [7, 11) is 0. The fourth-order valence-electron chi connectivity index (χ4n) is 3.50. The van der Waals surface area contributed by atoms with Crippen LogP contribution in [0.3, 0.4) is 0 Å². The third-order valence-electron chi connectivity index (χ3n) is 4.59. The van der Waals surface area contributed by atoms with E-state index in [9.17, 15) is 4.79 Å². The van der Waals surface area contributed by atoms with Crippen molar-refractivity contribution in [3.05, 3.63) is 0 Å². The number of hydrogen-bond acceptors (Lipinski definition) is 1. The van der Waals surface area contributed by atoms with E-state index < -0.39 is 0 Å². The summed E-state index contributed by atoms with van der Waals surface area (Å²) in [4.78, 5) is 12.9. The summed E-state index contributed by atoms with van der Waals surface area (Å²) in [6, 6.07) is 0.164. The Balaban J connectivity index is 2.79. The van der Waals surface area contributed by atoms with Gasteiger partial charge in [-0.1, -0.05) is 47.5 Å². The minimum atomic E-state index is -0.121. The molecule has 2 nitrogen and oxygen atoms in total. The highest BCUT2D eigenvalue weighted by atomic mass is 35.5. The molecule has 1 rings (SSSR count). The number of nitrogens with one attached hydrogen (secondary N) is 1. The van der Waals surface area contributed by atoms with Crippen molar-refractivity contribution in [1.29, 1.82) is 0 Å². The fraction of sp³-hybridized carbons (Fsp3) is 0.941. The predicted octanol–water partition coefficient (Wildman–Crippen LogP) is 4.75. The van der Waals surface area contributed by atoms with Crippen LogP contribution in [0, 0.1) is 16.7 Å². The number of alkyl halides is 1. The summed E-state index contributed by atoms with van der Waals surface area (Å²) in [6.45, 7) is 11.0. The van der Waals surface area contributed by atoms with E-state index in [4.69, 9.17) is 11.6 Å². The highest BCUT2D eigenvalue weighted by Crippen LogP contribution is 2.43. The van der Waals surface area contributed by atoms with Crippen LogP contribution in [0.5, 0.6) is 0 Å². The van der Waals surface area contributed by atoms with Gasteiger partial charge in [0.25, 0.3) is 0 Å². The second-order valence-electron chi connectivity index (χ2n) is 7.96. The summed E-state index contributed by atoms with van der Waals surface area (Å²) in [5.41, 5.74) is -0.0633. The molecule has 1 saturated carbocycles. The van der Waals surface area contributed by atoms with E-state index in [1.54, 1.807) is 0 Å². The van der Waals surface area contributed by atoms with E-state index in [-0.39, 0.29) is 22.8 Å². The molecule has 1 unspecified atom stereocenters. The van der Waals surface area contributed by atoms with Crippen LogP contribution in [-0.2, 0) is 4.79 Å². The van der Waals surface area contributed by atoms with Crippen molar-refractivity contribution >= 4 is 17.5 Å². The van der Waals surface area contributed by atoms with Crippen molar-refractivity contribution < 1.29 is 4.79 Å². The summed E-state index contributed by atoms with van der Waals surface area (Å²) in [6.07, 6.45) is 6.33. The first-order valence-electron chi connectivity index (χ1n) is 8.08. The van der Waals surface area contributed by atoms with Gasteiger partial charge in [-0.05, 0) is 37.0 Å². The SMILES string of the molecule is CC(C)CC1(C(=O)NC(CCCl)C(C)(C)C)CCCC1. The lowest BCUT2D eigenvalue weighted by Gasteiger charge is -2.36. The molecule has 1 aliphatic carbocycles. The minimum absolute atomic E-state index is 0.0577. The van der Waals surface area contributed by atoms with Crippen LogP contribution in [0.4, 0.5) is 0 Å². The summed E-state index contributed by atoms with van der Waals surface area (Å²) < 4.78 is 0. The van der Waals surface area contributed by atoms with Gasteiger partial charge in [-0.25, -0.2) is 0 Å². The molecule has 3 heteroatoms. The van der Waals surface area contributed by atoms with Crippen LogP contribution in [0.25, 0.3) is 0 Å². The molecule has 0 aromatic carbocycles. The molecule has 0 saturated heterocycles. The smallest absolute Gasteiger partial charge is 0.226 e. The Bertz CT molecular complexity index is 313. The standard InChI is InChI=1S/C17H32ClNO/c1-13(2)12-17(9-6-7-10-17)15(20)19-14(8-11-18)16(3,4)5/h13-14H,6-12H2,1-5H3,(H,19,20). The number of carbonyl (C=O) groups excluding carboxylic acids is 1. The molecular weight excluding hydrogens is 270 g/mol. The summed E-state index contributed by atoms with van der Waals surface area (Å²) in [5, 5.41) is 3.32. The first kappa shape index (κ1) is 17.8. The molecule has 0 bridgehead atoms. The molecule has 1 aliphatic rings. The Morgan fingerprint density at radius 2 is 1.80 bits per heavy atom. The fourth-order valence-corrected chi connectivity index (χ4v) is 3.72. The highest BCUT2D eigenvalue weighted by Gasteiger charge is 2.42. The molecule has 1 amide bonds. The van der Waals surface area contributed by atoms with Gasteiger partial charge in [0.15, 0.2) is 0 Å². The third kappa shape index (κ3) is 4.65. The van der Waals surface area contributed by atoms with Gasteiger partial charge < -0.3 is 5.32 Å². The molecule has 0 aromatic rings. The molecular formula is C17H32ClNO. The van der Waals surface area contributed by atoms with Crippen LogP contribution >= 0.6 is 11.6 Å². The van der Waals surface area contributed by atoms with Gasteiger partial charge in [-0.3, -0.25) is 4.79 Å². The summed E-state index contributed by atoms with van der Waals surface area (Å²) in [5.74, 6) is 1.44. The first-order chi connectivity index (χ1) is 9.21. The van der Waals surface area contributed by atoms with Crippen LogP contribution in [0.15, 0.2) is 0 Å². The average molecular weight is 302 g/mol. The van der Waals surface area contributed by atoms with Crippen molar-refractivity contribution in [1.82, 2.24) is 5.32 Å². The number of rotatable bonds is 6. The maximum absolute atomic E-state index is 12.9. The first-order valence-corrected chi connectivity index (χ1v) is 8.62. The molecule has 118 valence electrons. The number of halogens is 1. The Kier molecular flexibility index (Phi) is 6.37. The lowest BCUT2D eigenvalue weighted by atomic mass is 9.76. The van der Waals surface area contributed by atoms with E-state index >= 15 is 0 Å². The van der Waals surface area contributed by atoms with Gasteiger partial charge >= 0.3 is 0 Å². The minimum Gasteiger partial charge on any atom is -0.352 e. The molecule has 0 aliphatic heterocycles. The van der Waals surface area contributed by atoms with Crippen LogP contribution in [-0.4, -0.2) is 17.8 Å². The van der Waals surface area contributed by atoms with Gasteiger partial charge in [-0.2, -0.15) is 0 Å². The van der Waals surface area contributed by atoms with Crippen LogP contribution < -0.4 is 5.32 Å². The monoisotopic (exact) mass is 301 g/mol. The van der Waals surface area contributed by atoms with Gasteiger partial charge in [0.1, 0.15) is 0 Å². The lowest BCUT2D eigenvalue weighted by molar-refractivity contribution is -0.133. The van der Waals surface area contributed by atoms with E-state index in [0.29, 0.717) is 11.8 Å². The second-order valence-corrected chi connectivity index (χ2v) is 8.33. The zero-order valence-corrected chi connectivity index (χ0v) is 14.6. The number of hydrogen-bond donors (Lipinski definition) is 1. The van der Waals surface area contributed by atoms with Crippen molar-refractivity contribution in [2.24, 2.45) is 16.7 Å². The van der Waals surface area contributed by atoms with Crippen molar-refractivity contribution in [2.75, 3.05) is 5.88 Å². The van der Waals surface area contributed by atoms with E-state index in [2.05, 4.69) is 39.9 Å². The highest BCUT2D eigenvalue weighted by molar-refractivity contribution is 6.17. The van der Waals surface area contributed by atoms with Gasteiger partial charge in [-0.15, -0.1) is 11.6 Å². The number of carbonyl (C=O) groups is 1. The Hall–Kier alpha value is -0.240. The summed E-state index contributed by atoms with van der Waals surface area (Å²) >= 11 is 5.91. The molecule has 20 heavy (non-hydrogen) atoms. The molecule has 0 spiro atoms. The Labute approximate surface area is 130 Å². The molecule has 1 atom stereocenters. The van der Waals surface area contributed by atoms with E-state index in [0.717, 1.165) is 25.7 Å². The van der Waals surface area contributed by atoms with Crippen molar-refractivity contribution in [3.63, 3.8) is 0 Å². The topological polar surface area (TPSA) is 29.1 Å². The van der Waals surface area contributed by atoms with Crippen LogP contribution in [0.1, 0.15) is 73.1 Å². The van der Waals surface area contributed by atoms with Crippen molar-refractivity contribution in [3.8, 4) is 0 Å². The Morgan fingerprint density at radius 3 is 2.20 bits per heavy atom. The van der Waals surface area contributed by atoms with E-state index in [1.807, 2.05) is 0 Å². The van der Waals surface area contributed by atoms with Crippen molar-refractivity contribution in [2.45, 2.75) is 79.2 Å². The van der Waals surface area contributed by atoms with Gasteiger partial charge in [0.2, 0.25) is 5.91 Å². The Morgan fingerprint density at radius 1 is 1.25 bits per heavy atom.